The van der Waals surface area contributed by atoms with Gasteiger partial charge < -0.3 is 18.9 Å². The number of esters is 1. The SMILES string of the molecule is COc1cccc(C(=O)COC(=O)C(C)OCC2CCCO2)c1. The van der Waals surface area contributed by atoms with Crippen molar-refractivity contribution in [2.24, 2.45) is 0 Å². The highest BCUT2D eigenvalue weighted by Crippen LogP contribution is 2.14. The van der Waals surface area contributed by atoms with Crippen LogP contribution in [0.1, 0.15) is 30.1 Å². The molecule has 0 N–H and O–H groups in total. The third kappa shape index (κ3) is 5.33. The number of benzene rings is 1. The van der Waals surface area contributed by atoms with Gasteiger partial charge in [0.2, 0.25) is 0 Å². The van der Waals surface area contributed by atoms with Crippen LogP contribution in [0.2, 0.25) is 0 Å². The number of ketones is 1. The molecule has 126 valence electrons. The molecule has 1 aromatic carbocycles. The van der Waals surface area contributed by atoms with Crippen molar-refractivity contribution in [3.63, 3.8) is 0 Å². The number of hydrogen-bond acceptors (Lipinski definition) is 6. The van der Waals surface area contributed by atoms with Crippen molar-refractivity contribution in [1.82, 2.24) is 0 Å². The Morgan fingerprint density at radius 3 is 2.91 bits per heavy atom. The topological polar surface area (TPSA) is 71.1 Å². The first-order chi connectivity index (χ1) is 11.1. The highest BCUT2D eigenvalue weighted by atomic mass is 16.6. The molecule has 0 spiro atoms. The van der Waals surface area contributed by atoms with Gasteiger partial charge in [0.1, 0.15) is 5.75 Å². The van der Waals surface area contributed by atoms with Crippen LogP contribution in [0.3, 0.4) is 0 Å². The number of carbonyl (C=O) groups excluding carboxylic acids is 2. The van der Waals surface area contributed by atoms with Crippen molar-refractivity contribution < 1.29 is 28.5 Å². The van der Waals surface area contributed by atoms with Crippen molar-refractivity contribution in [3.8, 4) is 5.75 Å². The van der Waals surface area contributed by atoms with Gasteiger partial charge in [-0.05, 0) is 31.9 Å². The van der Waals surface area contributed by atoms with Gasteiger partial charge in [-0.15, -0.1) is 0 Å². The second-order valence-electron chi connectivity index (χ2n) is 5.37. The largest absolute Gasteiger partial charge is 0.497 e. The Balaban J connectivity index is 1.74. The molecule has 2 rings (SSSR count). The Labute approximate surface area is 135 Å². The van der Waals surface area contributed by atoms with E-state index in [4.69, 9.17) is 18.9 Å². The first kappa shape index (κ1) is 17.4. The lowest BCUT2D eigenvalue weighted by Gasteiger charge is -2.15. The Kier molecular flexibility index (Phi) is 6.55. The van der Waals surface area contributed by atoms with Gasteiger partial charge in [-0.25, -0.2) is 4.79 Å². The van der Waals surface area contributed by atoms with E-state index in [-0.39, 0.29) is 18.5 Å². The maximum atomic E-state index is 12.0. The first-order valence-corrected chi connectivity index (χ1v) is 7.67. The zero-order chi connectivity index (χ0) is 16.7. The van der Waals surface area contributed by atoms with E-state index in [1.807, 2.05) is 0 Å². The molecule has 1 aliphatic heterocycles. The zero-order valence-electron chi connectivity index (χ0n) is 13.4. The summed E-state index contributed by atoms with van der Waals surface area (Å²) >= 11 is 0. The van der Waals surface area contributed by atoms with Gasteiger partial charge in [-0.3, -0.25) is 4.79 Å². The van der Waals surface area contributed by atoms with Crippen LogP contribution in [0.5, 0.6) is 5.75 Å². The molecule has 2 atom stereocenters. The van der Waals surface area contributed by atoms with Crippen LogP contribution in [0.25, 0.3) is 0 Å². The van der Waals surface area contributed by atoms with E-state index in [1.165, 1.54) is 7.11 Å². The predicted molar refractivity (Wildman–Crippen MR) is 82.7 cm³/mol. The summed E-state index contributed by atoms with van der Waals surface area (Å²) < 4.78 is 20.9. The first-order valence-electron chi connectivity index (χ1n) is 7.67. The molecule has 1 saturated heterocycles. The molecule has 0 bridgehead atoms. The fourth-order valence-corrected chi connectivity index (χ4v) is 2.23. The van der Waals surface area contributed by atoms with Crippen LogP contribution in [0.4, 0.5) is 0 Å². The van der Waals surface area contributed by atoms with E-state index in [1.54, 1.807) is 31.2 Å². The standard InChI is InChI=1S/C17H22O6/c1-12(22-10-15-7-4-8-21-15)17(19)23-11-16(18)13-5-3-6-14(9-13)20-2/h3,5-6,9,12,15H,4,7-8,10-11H2,1-2H3. The van der Waals surface area contributed by atoms with Gasteiger partial charge in [0.05, 0.1) is 19.8 Å². The maximum absolute atomic E-state index is 12.0. The van der Waals surface area contributed by atoms with Crippen molar-refractivity contribution >= 4 is 11.8 Å². The Hall–Kier alpha value is -1.92. The lowest BCUT2D eigenvalue weighted by Crippen LogP contribution is -2.28. The molecule has 0 radical (unpaired) electrons. The third-order valence-electron chi connectivity index (χ3n) is 3.63. The molecule has 1 fully saturated rings. The minimum absolute atomic E-state index is 0.0451. The lowest BCUT2D eigenvalue weighted by atomic mass is 10.1. The molecular formula is C17H22O6. The normalized spacial score (nSPS) is 18.4. The second kappa shape index (κ2) is 8.64. The number of methoxy groups -OCH3 is 1. The van der Waals surface area contributed by atoms with Gasteiger partial charge in [-0.1, -0.05) is 12.1 Å². The van der Waals surface area contributed by atoms with E-state index >= 15 is 0 Å². The molecule has 0 amide bonds. The quantitative estimate of drug-likeness (QED) is 0.538. The number of carbonyl (C=O) groups is 2. The molecule has 1 aromatic rings. The molecule has 0 aliphatic carbocycles. The summed E-state index contributed by atoms with van der Waals surface area (Å²) in [5.41, 5.74) is 0.435. The number of hydrogen-bond donors (Lipinski definition) is 0. The molecule has 0 saturated carbocycles. The molecule has 2 unspecified atom stereocenters. The lowest BCUT2D eigenvalue weighted by molar-refractivity contribution is -0.156. The molecule has 1 aliphatic rings. The van der Waals surface area contributed by atoms with Gasteiger partial charge in [-0.2, -0.15) is 0 Å². The minimum atomic E-state index is -0.725. The molecule has 23 heavy (non-hydrogen) atoms. The monoisotopic (exact) mass is 322 g/mol. The minimum Gasteiger partial charge on any atom is -0.497 e. The fraction of sp³-hybridized carbons (Fsp3) is 0.529. The van der Waals surface area contributed by atoms with E-state index in [2.05, 4.69) is 0 Å². The average Bonchev–Trinajstić information content (AvgIpc) is 3.10. The highest BCUT2D eigenvalue weighted by Gasteiger charge is 2.21. The summed E-state index contributed by atoms with van der Waals surface area (Å²) in [5.74, 6) is -0.265. The van der Waals surface area contributed by atoms with Crippen LogP contribution in [-0.4, -0.2) is 50.9 Å². The summed E-state index contributed by atoms with van der Waals surface area (Å²) in [6.45, 7) is 2.38. The van der Waals surface area contributed by atoms with Crippen molar-refractivity contribution in [1.29, 1.82) is 0 Å². The molecule has 6 nitrogen and oxygen atoms in total. The smallest absolute Gasteiger partial charge is 0.335 e. The number of rotatable bonds is 8. The summed E-state index contributed by atoms with van der Waals surface area (Å²) in [6.07, 6.45) is 1.28. The Morgan fingerprint density at radius 2 is 2.22 bits per heavy atom. The third-order valence-corrected chi connectivity index (χ3v) is 3.63. The van der Waals surface area contributed by atoms with E-state index in [0.717, 1.165) is 19.4 Å². The fourth-order valence-electron chi connectivity index (χ4n) is 2.23. The summed E-state index contributed by atoms with van der Waals surface area (Å²) in [4.78, 5) is 23.9. The number of Topliss-reactive ketones (excluding diaryl/α,β-unsaturated/α-hetero) is 1. The van der Waals surface area contributed by atoms with Crippen molar-refractivity contribution in [2.45, 2.75) is 32.0 Å². The summed E-state index contributed by atoms with van der Waals surface area (Å²) in [5, 5.41) is 0. The molecule has 6 heteroatoms. The van der Waals surface area contributed by atoms with Gasteiger partial charge in [0.15, 0.2) is 18.5 Å². The van der Waals surface area contributed by atoms with Gasteiger partial charge in [0, 0.05) is 12.2 Å². The molecular weight excluding hydrogens is 300 g/mol. The second-order valence-corrected chi connectivity index (χ2v) is 5.37. The van der Waals surface area contributed by atoms with Crippen LogP contribution >= 0.6 is 0 Å². The predicted octanol–water partition coefficient (Wildman–Crippen LogP) is 2.01. The van der Waals surface area contributed by atoms with Crippen LogP contribution < -0.4 is 4.74 Å². The Morgan fingerprint density at radius 1 is 1.39 bits per heavy atom. The van der Waals surface area contributed by atoms with Gasteiger partial charge in [0.25, 0.3) is 0 Å². The number of ether oxygens (including phenoxy) is 4. The van der Waals surface area contributed by atoms with Gasteiger partial charge >= 0.3 is 5.97 Å². The van der Waals surface area contributed by atoms with Crippen molar-refractivity contribution in [3.05, 3.63) is 29.8 Å². The van der Waals surface area contributed by atoms with E-state index in [0.29, 0.717) is 17.9 Å². The molecule has 1 heterocycles. The average molecular weight is 322 g/mol. The van der Waals surface area contributed by atoms with E-state index in [9.17, 15) is 9.59 Å². The van der Waals surface area contributed by atoms with Crippen LogP contribution in [0.15, 0.2) is 24.3 Å². The molecule has 0 aromatic heterocycles. The summed E-state index contributed by atoms with van der Waals surface area (Å²) in [7, 11) is 1.52. The summed E-state index contributed by atoms with van der Waals surface area (Å²) in [6, 6.07) is 6.70. The van der Waals surface area contributed by atoms with Crippen molar-refractivity contribution in [2.75, 3.05) is 26.9 Å². The highest BCUT2D eigenvalue weighted by molar-refractivity contribution is 5.98. The maximum Gasteiger partial charge on any atom is 0.335 e. The van der Waals surface area contributed by atoms with Crippen LogP contribution in [-0.2, 0) is 19.0 Å². The Bertz CT molecular complexity index is 536. The van der Waals surface area contributed by atoms with E-state index < -0.39 is 12.1 Å². The zero-order valence-corrected chi connectivity index (χ0v) is 13.4. The van der Waals surface area contributed by atoms with Crippen LogP contribution in [0, 0.1) is 0 Å².